The zero-order chi connectivity index (χ0) is 22.6. The number of aliphatic hydroxyl groups excluding tert-OH is 1. The van der Waals surface area contributed by atoms with Gasteiger partial charge in [0, 0.05) is 23.0 Å². The molecule has 0 amide bonds. The maximum atomic E-state index is 13.1. The van der Waals surface area contributed by atoms with Crippen LogP contribution in [0.15, 0.2) is 51.9 Å². The average Bonchev–Trinajstić information content (AvgIpc) is 2.93. The van der Waals surface area contributed by atoms with Crippen LogP contribution in [0.1, 0.15) is 36.4 Å². The van der Waals surface area contributed by atoms with E-state index in [0.29, 0.717) is 26.2 Å². The van der Waals surface area contributed by atoms with E-state index >= 15 is 0 Å². The predicted octanol–water partition coefficient (Wildman–Crippen LogP) is 5.55. The summed E-state index contributed by atoms with van der Waals surface area (Å²) in [5, 5.41) is 14.4. The van der Waals surface area contributed by atoms with Crippen molar-refractivity contribution in [2.75, 3.05) is 4.72 Å². The topological polar surface area (TPSA) is 67.2 Å². The minimum Gasteiger partial charge on any atom is -0.392 e. The van der Waals surface area contributed by atoms with Crippen LogP contribution < -0.4 is 4.72 Å². The molecule has 0 saturated carbocycles. The van der Waals surface area contributed by atoms with Gasteiger partial charge in [-0.25, -0.2) is 4.21 Å². The van der Waals surface area contributed by atoms with Crippen LogP contribution in [-0.2, 0) is 24.6 Å². The standard InChI is InChI=1S/C22H27Cl2N3O2S/c1-13(19-9-7-18(12-28)8-10-19)11-20(24)14(2)22(15(3)23)30(29)26-21-16(4)25-27(6)17(21)5/h7-11,14,26,28H,1,12H2,2-6H3/b20-11+,22-15-/t14-,30?/m0/s1. The summed E-state index contributed by atoms with van der Waals surface area (Å²) in [4.78, 5) is 0.490. The lowest BCUT2D eigenvalue weighted by Crippen LogP contribution is -2.15. The molecule has 1 unspecified atom stereocenters. The first-order chi connectivity index (χ1) is 14.1. The molecule has 5 nitrogen and oxygen atoms in total. The molecule has 0 saturated heterocycles. The summed E-state index contributed by atoms with van der Waals surface area (Å²) >= 11 is 12.9. The fourth-order valence-corrected chi connectivity index (χ4v) is 4.95. The summed E-state index contributed by atoms with van der Waals surface area (Å²) in [5.74, 6) is -0.386. The van der Waals surface area contributed by atoms with Crippen molar-refractivity contribution in [3.63, 3.8) is 0 Å². The second kappa shape index (κ2) is 10.4. The molecule has 0 radical (unpaired) electrons. The Morgan fingerprint density at radius 2 is 1.93 bits per heavy atom. The highest BCUT2D eigenvalue weighted by Crippen LogP contribution is 2.33. The van der Waals surface area contributed by atoms with Gasteiger partial charge >= 0.3 is 0 Å². The van der Waals surface area contributed by atoms with Crippen molar-refractivity contribution in [2.45, 2.75) is 34.3 Å². The van der Waals surface area contributed by atoms with Gasteiger partial charge in [-0.2, -0.15) is 5.10 Å². The Balaban J connectivity index is 2.26. The Bertz CT molecular complexity index is 1020. The highest BCUT2D eigenvalue weighted by molar-refractivity contribution is 7.90. The molecule has 0 aliphatic carbocycles. The van der Waals surface area contributed by atoms with Crippen LogP contribution in [0, 0.1) is 19.8 Å². The van der Waals surface area contributed by atoms with Crippen LogP contribution in [0.5, 0.6) is 0 Å². The van der Waals surface area contributed by atoms with Crippen molar-refractivity contribution in [3.8, 4) is 0 Å². The Labute approximate surface area is 190 Å². The van der Waals surface area contributed by atoms with E-state index in [0.717, 1.165) is 22.5 Å². The highest BCUT2D eigenvalue weighted by Gasteiger charge is 2.23. The Hall–Kier alpha value is -1.86. The molecule has 2 rings (SSSR count). The van der Waals surface area contributed by atoms with E-state index in [9.17, 15) is 9.32 Å². The third kappa shape index (κ3) is 5.64. The second-order valence-corrected chi connectivity index (χ2v) is 9.25. The van der Waals surface area contributed by atoms with E-state index in [1.807, 2.05) is 52.1 Å². The Morgan fingerprint density at radius 1 is 1.33 bits per heavy atom. The molecule has 8 heteroatoms. The predicted molar refractivity (Wildman–Crippen MR) is 127 cm³/mol. The van der Waals surface area contributed by atoms with Gasteiger partial charge in [0.15, 0.2) is 0 Å². The number of rotatable bonds is 8. The van der Waals surface area contributed by atoms with E-state index in [1.54, 1.807) is 17.7 Å². The molecular formula is C22H27Cl2N3O2S. The van der Waals surface area contributed by atoms with Gasteiger partial charge in [-0.3, -0.25) is 9.40 Å². The van der Waals surface area contributed by atoms with E-state index in [2.05, 4.69) is 16.4 Å². The second-order valence-electron chi connectivity index (χ2n) is 7.07. The summed E-state index contributed by atoms with van der Waals surface area (Å²) in [6, 6.07) is 7.40. The molecule has 1 aromatic heterocycles. The summed E-state index contributed by atoms with van der Waals surface area (Å²) < 4.78 is 17.9. The van der Waals surface area contributed by atoms with Crippen LogP contribution in [0.2, 0.25) is 0 Å². The number of hydrogen-bond donors (Lipinski definition) is 2. The fraction of sp³-hybridized carbons (Fsp3) is 0.318. The number of hydrogen-bond acceptors (Lipinski definition) is 3. The van der Waals surface area contributed by atoms with Crippen molar-refractivity contribution in [3.05, 3.63) is 74.4 Å². The van der Waals surface area contributed by atoms with E-state index in [1.165, 1.54) is 0 Å². The van der Waals surface area contributed by atoms with Gasteiger partial charge in [-0.1, -0.05) is 61.0 Å². The van der Waals surface area contributed by atoms with Crippen LogP contribution in [-0.4, -0.2) is 19.1 Å². The van der Waals surface area contributed by atoms with Crippen molar-refractivity contribution in [1.82, 2.24) is 9.78 Å². The molecule has 2 aromatic rings. The van der Waals surface area contributed by atoms with Crippen LogP contribution >= 0.6 is 23.2 Å². The van der Waals surface area contributed by atoms with Gasteiger partial charge in [-0.15, -0.1) is 0 Å². The van der Waals surface area contributed by atoms with E-state index in [-0.39, 0.29) is 12.5 Å². The Morgan fingerprint density at radius 3 is 2.40 bits per heavy atom. The lowest BCUT2D eigenvalue weighted by atomic mass is 10.0. The summed E-state index contributed by atoms with van der Waals surface area (Å²) in [5.41, 5.74) is 4.75. The van der Waals surface area contributed by atoms with E-state index < -0.39 is 11.0 Å². The molecule has 30 heavy (non-hydrogen) atoms. The summed E-state index contributed by atoms with van der Waals surface area (Å²) in [7, 11) is 0.235. The van der Waals surface area contributed by atoms with Gasteiger partial charge in [0.05, 0.1) is 28.6 Å². The van der Waals surface area contributed by atoms with Crippen LogP contribution in [0.3, 0.4) is 0 Å². The number of benzene rings is 1. The molecule has 1 heterocycles. The molecule has 1 aromatic carbocycles. The number of aliphatic hydroxyl groups is 1. The minimum absolute atomic E-state index is 0.0156. The molecule has 2 N–H and O–H groups in total. The number of allylic oxidation sites excluding steroid dienone is 5. The number of halogens is 2. The molecule has 0 fully saturated rings. The first-order valence-corrected chi connectivity index (χ1v) is 11.3. The SMILES string of the molecule is C=C(/C=C(/Cl)[C@H](C)/C(=C(\C)Cl)S(=O)Nc1c(C)nn(C)c1C)c1ccc(CO)cc1. The van der Waals surface area contributed by atoms with Gasteiger partial charge in [0.1, 0.15) is 11.0 Å². The summed E-state index contributed by atoms with van der Waals surface area (Å²) in [6.45, 7) is 11.4. The normalized spacial score (nSPS) is 14.9. The van der Waals surface area contributed by atoms with E-state index in [4.69, 9.17) is 23.2 Å². The number of aromatic nitrogens is 2. The molecule has 0 bridgehead atoms. The third-order valence-electron chi connectivity index (χ3n) is 4.87. The molecule has 0 aliphatic heterocycles. The van der Waals surface area contributed by atoms with Gasteiger partial charge in [0.25, 0.3) is 0 Å². The lowest BCUT2D eigenvalue weighted by Gasteiger charge is -2.18. The smallest absolute Gasteiger partial charge is 0.148 e. The molecule has 2 atom stereocenters. The van der Waals surface area contributed by atoms with Crippen molar-refractivity contribution in [2.24, 2.45) is 13.0 Å². The fourth-order valence-electron chi connectivity index (χ4n) is 2.98. The van der Waals surface area contributed by atoms with Crippen molar-refractivity contribution in [1.29, 1.82) is 0 Å². The molecule has 162 valence electrons. The average molecular weight is 468 g/mol. The first-order valence-electron chi connectivity index (χ1n) is 9.37. The minimum atomic E-state index is -1.60. The van der Waals surface area contributed by atoms with Crippen LogP contribution in [0.25, 0.3) is 5.57 Å². The number of aryl methyl sites for hydroxylation is 2. The largest absolute Gasteiger partial charge is 0.392 e. The summed E-state index contributed by atoms with van der Waals surface area (Å²) in [6.07, 6.45) is 1.75. The molecule has 0 aliphatic rings. The molecule has 0 spiro atoms. The third-order valence-corrected chi connectivity index (χ3v) is 7.07. The number of nitrogens with zero attached hydrogens (tertiary/aromatic N) is 2. The Kier molecular flexibility index (Phi) is 8.50. The zero-order valence-corrected chi connectivity index (χ0v) is 20.1. The first kappa shape index (κ1) is 24.4. The zero-order valence-electron chi connectivity index (χ0n) is 17.8. The van der Waals surface area contributed by atoms with Gasteiger partial charge < -0.3 is 5.11 Å². The lowest BCUT2D eigenvalue weighted by molar-refractivity contribution is 0.282. The highest BCUT2D eigenvalue weighted by atomic mass is 35.5. The monoisotopic (exact) mass is 467 g/mol. The maximum absolute atomic E-state index is 13.1. The maximum Gasteiger partial charge on any atom is 0.148 e. The van der Waals surface area contributed by atoms with Crippen molar-refractivity contribution >= 4 is 45.4 Å². The van der Waals surface area contributed by atoms with Gasteiger partial charge in [0.2, 0.25) is 0 Å². The number of nitrogens with one attached hydrogen (secondary N) is 1. The van der Waals surface area contributed by atoms with Crippen LogP contribution in [0.4, 0.5) is 5.69 Å². The quantitative estimate of drug-likeness (QED) is 0.500. The van der Waals surface area contributed by atoms with Crippen molar-refractivity contribution < 1.29 is 9.32 Å². The molecular weight excluding hydrogens is 441 g/mol. The van der Waals surface area contributed by atoms with Gasteiger partial charge in [-0.05, 0) is 43.5 Å². The number of anilines is 1.